The number of carbonyl (C=O) groups is 1. The average Bonchev–Trinajstić information content (AvgIpc) is 2.28. The summed E-state index contributed by atoms with van der Waals surface area (Å²) in [5.41, 5.74) is 0.833. The summed E-state index contributed by atoms with van der Waals surface area (Å²) in [7, 11) is 4.64. The van der Waals surface area contributed by atoms with Gasteiger partial charge in [0.05, 0.1) is 20.6 Å². The van der Waals surface area contributed by atoms with Crippen LogP contribution in [0, 0.1) is 0 Å². The number of amides is 1. The van der Waals surface area contributed by atoms with Crippen molar-refractivity contribution in [2.45, 2.75) is 6.42 Å². The van der Waals surface area contributed by atoms with Crippen LogP contribution in [0.25, 0.3) is 0 Å². The van der Waals surface area contributed by atoms with E-state index in [0.29, 0.717) is 11.5 Å². The Morgan fingerprint density at radius 3 is 2.44 bits per heavy atom. The van der Waals surface area contributed by atoms with Gasteiger partial charge in [0.15, 0.2) is 11.5 Å². The summed E-state index contributed by atoms with van der Waals surface area (Å²) in [6.07, 6.45) is 0.243. The molecule has 0 aliphatic rings. The quantitative estimate of drug-likeness (QED) is 0.461. The van der Waals surface area contributed by atoms with Crippen LogP contribution in [0.4, 0.5) is 0 Å². The minimum Gasteiger partial charge on any atom is -0.493 e. The lowest BCUT2D eigenvalue weighted by molar-refractivity contribution is -0.129. The summed E-state index contributed by atoms with van der Waals surface area (Å²) in [6, 6.07) is 5.33. The molecule has 1 aromatic carbocycles. The number of methoxy groups -OCH3 is 2. The van der Waals surface area contributed by atoms with Crippen molar-refractivity contribution in [1.29, 1.82) is 0 Å². The Bertz CT molecular complexity index is 377. The first-order chi connectivity index (χ1) is 7.58. The van der Waals surface area contributed by atoms with Crippen LogP contribution in [0.15, 0.2) is 18.2 Å². The number of hydrogen-bond acceptors (Lipinski definition) is 4. The smallest absolute Gasteiger partial charge is 0.240 e. The number of carbonyl (C=O) groups excluding carboxylic acids is 1. The van der Waals surface area contributed by atoms with Crippen LogP contribution in [0.1, 0.15) is 5.56 Å². The molecule has 88 valence electrons. The van der Waals surface area contributed by atoms with E-state index in [2.05, 4.69) is 0 Å². The average molecular weight is 224 g/mol. The standard InChI is InChI=1S/C11H16N2O3/c1-13(12)11(14)7-8-4-5-9(15-2)10(6-8)16-3/h4-6H,7,12H2,1-3H3. The first-order valence-corrected chi connectivity index (χ1v) is 4.80. The van der Waals surface area contributed by atoms with Gasteiger partial charge in [0.25, 0.3) is 0 Å². The SMILES string of the molecule is COc1ccc(CC(=O)N(C)N)cc1OC. The number of nitrogens with zero attached hydrogens (tertiary/aromatic N) is 1. The second kappa shape index (κ2) is 5.37. The Hall–Kier alpha value is -1.75. The van der Waals surface area contributed by atoms with Crippen LogP contribution in [-0.2, 0) is 11.2 Å². The highest BCUT2D eigenvalue weighted by atomic mass is 16.5. The number of hydrogen-bond donors (Lipinski definition) is 1. The molecule has 5 nitrogen and oxygen atoms in total. The van der Waals surface area contributed by atoms with Gasteiger partial charge >= 0.3 is 0 Å². The van der Waals surface area contributed by atoms with Gasteiger partial charge in [0, 0.05) is 7.05 Å². The van der Waals surface area contributed by atoms with E-state index in [1.54, 1.807) is 26.4 Å². The fourth-order valence-electron chi connectivity index (χ4n) is 1.29. The molecule has 0 aliphatic heterocycles. The second-order valence-electron chi connectivity index (χ2n) is 3.37. The molecule has 0 unspecified atom stereocenters. The third-order valence-electron chi connectivity index (χ3n) is 2.20. The molecule has 0 aliphatic carbocycles. The Morgan fingerprint density at radius 2 is 1.94 bits per heavy atom. The Morgan fingerprint density at radius 1 is 1.31 bits per heavy atom. The molecule has 1 aromatic rings. The van der Waals surface area contributed by atoms with Gasteiger partial charge in [-0.2, -0.15) is 0 Å². The molecule has 16 heavy (non-hydrogen) atoms. The van der Waals surface area contributed by atoms with Crippen LogP contribution in [0.3, 0.4) is 0 Å². The molecule has 0 heterocycles. The Balaban J connectivity index is 2.87. The van der Waals surface area contributed by atoms with Crippen LogP contribution < -0.4 is 15.3 Å². The van der Waals surface area contributed by atoms with Gasteiger partial charge in [0.1, 0.15) is 0 Å². The van der Waals surface area contributed by atoms with Crippen LogP contribution in [0.5, 0.6) is 11.5 Å². The molecule has 2 N–H and O–H groups in total. The van der Waals surface area contributed by atoms with E-state index in [1.165, 1.54) is 7.05 Å². The first-order valence-electron chi connectivity index (χ1n) is 4.80. The summed E-state index contributed by atoms with van der Waals surface area (Å²) in [4.78, 5) is 11.4. The number of rotatable bonds is 4. The molecule has 1 rings (SSSR count). The maximum atomic E-state index is 11.4. The van der Waals surface area contributed by atoms with Gasteiger partial charge in [-0.05, 0) is 17.7 Å². The van der Waals surface area contributed by atoms with Crippen LogP contribution in [-0.4, -0.2) is 32.2 Å². The molecule has 0 saturated heterocycles. The van der Waals surface area contributed by atoms with Crippen molar-refractivity contribution in [3.05, 3.63) is 23.8 Å². The molecular weight excluding hydrogens is 208 g/mol. The molecule has 0 aromatic heterocycles. The minimum absolute atomic E-state index is 0.160. The van der Waals surface area contributed by atoms with Crippen molar-refractivity contribution in [2.24, 2.45) is 5.84 Å². The monoisotopic (exact) mass is 224 g/mol. The highest BCUT2D eigenvalue weighted by molar-refractivity contribution is 5.78. The highest BCUT2D eigenvalue weighted by Crippen LogP contribution is 2.27. The molecule has 0 fully saturated rings. The molecule has 5 heteroatoms. The molecule has 0 radical (unpaired) electrons. The summed E-state index contributed by atoms with van der Waals surface area (Å²) in [6.45, 7) is 0. The van der Waals surface area contributed by atoms with Crippen molar-refractivity contribution < 1.29 is 14.3 Å². The summed E-state index contributed by atoms with van der Waals surface area (Å²) >= 11 is 0. The second-order valence-corrected chi connectivity index (χ2v) is 3.37. The van der Waals surface area contributed by atoms with Crippen molar-refractivity contribution in [2.75, 3.05) is 21.3 Å². The van der Waals surface area contributed by atoms with Gasteiger partial charge in [-0.1, -0.05) is 6.07 Å². The molecule has 0 spiro atoms. The molecule has 0 bridgehead atoms. The van der Waals surface area contributed by atoms with Crippen LogP contribution >= 0.6 is 0 Å². The molecule has 0 saturated carbocycles. The number of nitrogens with two attached hydrogens (primary N) is 1. The van der Waals surface area contributed by atoms with Gasteiger partial charge in [0.2, 0.25) is 5.91 Å². The number of benzene rings is 1. The Labute approximate surface area is 94.7 Å². The van der Waals surface area contributed by atoms with Crippen LogP contribution in [0.2, 0.25) is 0 Å². The summed E-state index contributed by atoms with van der Waals surface area (Å²) < 4.78 is 10.2. The molecule has 0 atom stereocenters. The van der Waals surface area contributed by atoms with E-state index in [4.69, 9.17) is 15.3 Å². The van der Waals surface area contributed by atoms with Crippen molar-refractivity contribution in [3.8, 4) is 11.5 Å². The van der Waals surface area contributed by atoms with Gasteiger partial charge in [-0.15, -0.1) is 0 Å². The lowest BCUT2D eigenvalue weighted by Gasteiger charge is -2.12. The largest absolute Gasteiger partial charge is 0.493 e. The summed E-state index contributed by atoms with van der Waals surface area (Å²) in [5, 5.41) is 1.07. The lowest BCUT2D eigenvalue weighted by atomic mass is 10.1. The first kappa shape index (κ1) is 12.3. The third-order valence-corrected chi connectivity index (χ3v) is 2.20. The number of ether oxygens (including phenoxy) is 2. The lowest BCUT2D eigenvalue weighted by Crippen LogP contribution is -2.34. The van der Waals surface area contributed by atoms with Crippen molar-refractivity contribution in [1.82, 2.24) is 5.01 Å². The van der Waals surface area contributed by atoms with Gasteiger partial charge in [-0.3, -0.25) is 9.80 Å². The highest BCUT2D eigenvalue weighted by Gasteiger charge is 2.09. The van der Waals surface area contributed by atoms with E-state index in [0.717, 1.165) is 10.6 Å². The van der Waals surface area contributed by atoms with E-state index < -0.39 is 0 Å². The minimum atomic E-state index is -0.160. The molecular formula is C11H16N2O3. The zero-order valence-corrected chi connectivity index (χ0v) is 9.69. The predicted molar refractivity (Wildman–Crippen MR) is 60.2 cm³/mol. The Kier molecular flexibility index (Phi) is 4.13. The fraction of sp³-hybridized carbons (Fsp3) is 0.364. The normalized spacial score (nSPS) is 9.75. The van der Waals surface area contributed by atoms with E-state index in [1.807, 2.05) is 6.07 Å². The maximum absolute atomic E-state index is 11.4. The maximum Gasteiger partial charge on any atom is 0.240 e. The van der Waals surface area contributed by atoms with E-state index in [-0.39, 0.29) is 12.3 Å². The number of likely N-dealkylation sites (N-methyl/N-ethyl adjacent to an activating group) is 1. The van der Waals surface area contributed by atoms with Gasteiger partial charge < -0.3 is 9.47 Å². The van der Waals surface area contributed by atoms with Gasteiger partial charge in [-0.25, -0.2) is 5.84 Å². The topological polar surface area (TPSA) is 64.8 Å². The van der Waals surface area contributed by atoms with Crippen molar-refractivity contribution >= 4 is 5.91 Å². The zero-order valence-electron chi connectivity index (χ0n) is 9.69. The van der Waals surface area contributed by atoms with Crippen molar-refractivity contribution in [3.63, 3.8) is 0 Å². The molecule has 1 amide bonds. The number of hydrazine groups is 1. The zero-order chi connectivity index (χ0) is 12.1. The van der Waals surface area contributed by atoms with E-state index in [9.17, 15) is 4.79 Å². The van der Waals surface area contributed by atoms with E-state index >= 15 is 0 Å². The predicted octanol–water partition coefficient (Wildman–Crippen LogP) is 0.578. The third kappa shape index (κ3) is 2.87. The fourth-order valence-corrected chi connectivity index (χ4v) is 1.29. The summed E-state index contributed by atoms with van der Waals surface area (Å²) in [5.74, 6) is 6.42.